The molecule has 1 saturated heterocycles. The van der Waals surface area contributed by atoms with Gasteiger partial charge in [0.2, 0.25) is 15.9 Å². The summed E-state index contributed by atoms with van der Waals surface area (Å²) in [5, 5.41) is 0. The van der Waals surface area contributed by atoms with Crippen molar-refractivity contribution in [2.75, 3.05) is 53.6 Å². The SMILES string of the molecule is COCCN(CCOC)C(=O)CCc1ccc(S(=O)(=O)N2CCCCCC2)cc1. The number of amides is 1. The lowest BCUT2D eigenvalue weighted by atomic mass is 10.1. The molecule has 0 spiro atoms. The van der Waals surface area contributed by atoms with E-state index in [0.717, 1.165) is 31.2 Å². The van der Waals surface area contributed by atoms with Gasteiger partial charge in [-0.15, -0.1) is 0 Å². The van der Waals surface area contributed by atoms with Crippen LogP contribution in [0.25, 0.3) is 0 Å². The third-order valence-electron chi connectivity index (χ3n) is 5.24. The van der Waals surface area contributed by atoms with Gasteiger partial charge >= 0.3 is 0 Å². The lowest BCUT2D eigenvalue weighted by Crippen LogP contribution is -2.36. The van der Waals surface area contributed by atoms with E-state index in [1.165, 1.54) is 0 Å². The van der Waals surface area contributed by atoms with Crippen molar-refractivity contribution in [3.8, 4) is 0 Å². The second kappa shape index (κ2) is 12.3. The number of ether oxygens (including phenoxy) is 2. The Morgan fingerprint density at radius 1 is 0.966 bits per heavy atom. The van der Waals surface area contributed by atoms with Crippen molar-refractivity contribution in [2.24, 2.45) is 0 Å². The second-order valence-corrected chi connectivity index (χ2v) is 9.27. The van der Waals surface area contributed by atoms with Gasteiger partial charge < -0.3 is 14.4 Å². The predicted octanol–water partition coefficient (Wildman–Crippen LogP) is 2.31. The number of benzene rings is 1. The van der Waals surface area contributed by atoms with E-state index in [2.05, 4.69) is 0 Å². The third kappa shape index (κ3) is 7.37. The van der Waals surface area contributed by atoms with E-state index in [1.807, 2.05) is 12.1 Å². The van der Waals surface area contributed by atoms with Gasteiger partial charge in [0.15, 0.2) is 0 Å². The summed E-state index contributed by atoms with van der Waals surface area (Å²) in [6.45, 7) is 3.23. The first-order chi connectivity index (χ1) is 14.0. The zero-order valence-corrected chi connectivity index (χ0v) is 18.5. The van der Waals surface area contributed by atoms with Crippen molar-refractivity contribution in [2.45, 2.75) is 43.4 Å². The van der Waals surface area contributed by atoms with Gasteiger partial charge in [0.05, 0.1) is 18.1 Å². The molecular formula is C21H34N2O5S. The molecule has 1 heterocycles. The minimum Gasteiger partial charge on any atom is -0.383 e. The number of nitrogens with zero attached hydrogens (tertiary/aromatic N) is 2. The molecule has 0 radical (unpaired) electrons. The summed E-state index contributed by atoms with van der Waals surface area (Å²) >= 11 is 0. The van der Waals surface area contributed by atoms with Gasteiger partial charge in [-0.3, -0.25) is 4.79 Å². The average molecular weight is 427 g/mol. The molecule has 1 amide bonds. The van der Waals surface area contributed by atoms with Gasteiger partial charge in [0, 0.05) is 46.8 Å². The summed E-state index contributed by atoms with van der Waals surface area (Å²) in [6.07, 6.45) is 4.95. The number of hydrogen-bond acceptors (Lipinski definition) is 5. The molecule has 1 aliphatic rings. The number of carbonyl (C=O) groups is 1. The molecule has 0 saturated carbocycles. The molecule has 164 valence electrons. The van der Waals surface area contributed by atoms with Crippen LogP contribution < -0.4 is 0 Å². The van der Waals surface area contributed by atoms with Crippen LogP contribution in [0.2, 0.25) is 0 Å². The summed E-state index contributed by atoms with van der Waals surface area (Å²) in [5.41, 5.74) is 0.951. The maximum Gasteiger partial charge on any atom is 0.243 e. The van der Waals surface area contributed by atoms with Crippen LogP contribution in [0.3, 0.4) is 0 Å². The molecule has 2 rings (SSSR count). The molecule has 0 aromatic heterocycles. The molecule has 29 heavy (non-hydrogen) atoms. The summed E-state index contributed by atoms with van der Waals surface area (Å²) in [4.78, 5) is 14.6. The first-order valence-corrected chi connectivity index (χ1v) is 11.8. The normalized spacial score (nSPS) is 15.8. The van der Waals surface area contributed by atoms with Gasteiger partial charge in [-0.2, -0.15) is 4.31 Å². The Kier molecular flexibility index (Phi) is 10.1. The molecule has 0 unspecified atom stereocenters. The molecular weight excluding hydrogens is 392 g/mol. The third-order valence-corrected chi connectivity index (χ3v) is 7.15. The number of carbonyl (C=O) groups excluding carboxylic acids is 1. The maximum atomic E-state index is 12.8. The van der Waals surface area contributed by atoms with Crippen LogP contribution >= 0.6 is 0 Å². The van der Waals surface area contributed by atoms with E-state index in [-0.39, 0.29) is 5.91 Å². The van der Waals surface area contributed by atoms with E-state index >= 15 is 0 Å². The molecule has 0 N–H and O–H groups in total. The highest BCUT2D eigenvalue weighted by molar-refractivity contribution is 7.89. The molecule has 0 atom stereocenters. The minimum absolute atomic E-state index is 0.0420. The lowest BCUT2D eigenvalue weighted by Gasteiger charge is -2.22. The van der Waals surface area contributed by atoms with Crippen LogP contribution in [0, 0.1) is 0 Å². The van der Waals surface area contributed by atoms with E-state index in [0.29, 0.717) is 57.1 Å². The summed E-state index contributed by atoms with van der Waals surface area (Å²) in [7, 11) is -0.214. The van der Waals surface area contributed by atoms with Crippen LogP contribution in [0.1, 0.15) is 37.7 Å². The highest BCUT2D eigenvalue weighted by Crippen LogP contribution is 2.21. The molecule has 1 aromatic rings. The Morgan fingerprint density at radius 3 is 2.03 bits per heavy atom. The number of methoxy groups -OCH3 is 2. The highest BCUT2D eigenvalue weighted by Gasteiger charge is 2.25. The molecule has 0 aliphatic carbocycles. The number of sulfonamides is 1. The summed E-state index contributed by atoms with van der Waals surface area (Å²) in [5.74, 6) is 0.0420. The molecule has 1 fully saturated rings. The van der Waals surface area contributed by atoms with Crippen LogP contribution in [0.5, 0.6) is 0 Å². The van der Waals surface area contributed by atoms with Crippen LogP contribution in [0.15, 0.2) is 29.2 Å². The van der Waals surface area contributed by atoms with Crippen molar-refractivity contribution in [1.29, 1.82) is 0 Å². The number of rotatable bonds is 11. The second-order valence-electron chi connectivity index (χ2n) is 7.33. The Labute approximate surface area is 175 Å². The van der Waals surface area contributed by atoms with E-state index in [4.69, 9.17) is 9.47 Å². The minimum atomic E-state index is -3.44. The highest BCUT2D eigenvalue weighted by atomic mass is 32.2. The maximum absolute atomic E-state index is 12.8. The molecule has 1 aromatic carbocycles. The zero-order chi connectivity index (χ0) is 21.1. The number of hydrogen-bond donors (Lipinski definition) is 0. The summed E-state index contributed by atoms with van der Waals surface area (Å²) < 4.78 is 37.4. The molecule has 0 bridgehead atoms. The first-order valence-electron chi connectivity index (χ1n) is 10.3. The van der Waals surface area contributed by atoms with Crippen molar-refractivity contribution >= 4 is 15.9 Å². The topological polar surface area (TPSA) is 76.1 Å². The quantitative estimate of drug-likeness (QED) is 0.543. The fourth-order valence-corrected chi connectivity index (χ4v) is 4.95. The van der Waals surface area contributed by atoms with Gasteiger partial charge in [0.1, 0.15) is 0 Å². The van der Waals surface area contributed by atoms with E-state index < -0.39 is 10.0 Å². The zero-order valence-electron chi connectivity index (χ0n) is 17.6. The smallest absolute Gasteiger partial charge is 0.243 e. The Balaban J connectivity index is 1.94. The van der Waals surface area contributed by atoms with E-state index in [9.17, 15) is 13.2 Å². The standard InChI is InChI=1S/C21H34N2O5S/c1-27-17-15-22(16-18-28-2)21(24)12-9-19-7-10-20(11-8-19)29(25,26)23-13-5-3-4-6-14-23/h7-8,10-11H,3-6,9,12-18H2,1-2H3. The van der Waals surface area contributed by atoms with Crippen LogP contribution in [-0.4, -0.2) is 77.1 Å². The van der Waals surface area contributed by atoms with Gasteiger partial charge in [-0.25, -0.2) is 8.42 Å². The van der Waals surface area contributed by atoms with Crippen molar-refractivity contribution < 1.29 is 22.7 Å². The molecule has 8 heteroatoms. The lowest BCUT2D eigenvalue weighted by molar-refractivity contribution is -0.132. The van der Waals surface area contributed by atoms with Gasteiger partial charge in [-0.1, -0.05) is 25.0 Å². The van der Waals surface area contributed by atoms with Gasteiger partial charge in [-0.05, 0) is 37.0 Å². The fraction of sp³-hybridized carbons (Fsp3) is 0.667. The van der Waals surface area contributed by atoms with Crippen molar-refractivity contribution in [3.63, 3.8) is 0 Å². The monoisotopic (exact) mass is 426 g/mol. The molecule has 1 aliphatic heterocycles. The fourth-order valence-electron chi connectivity index (χ4n) is 3.43. The van der Waals surface area contributed by atoms with E-state index in [1.54, 1.807) is 35.6 Å². The van der Waals surface area contributed by atoms with Gasteiger partial charge in [0.25, 0.3) is 0 Å². The van der Waals surface area contributed by atoms with Crippen LogP contribution in [0.4, 0.5) is 0 Å². The predicted molar refractivity (Wildman–Crippen MR) is 112 cm³/mol. The summed E-state index contributed by atoms with van der Waals surface area (Å²) in [6, 6.07) is 6.95. The number of aryl methyl sites for hydroxylation is 1. The average Bonchev–Trinajstić information content (AvgIpc) is 3.02. The Hall–Kier alpha value is -1.48. The van der Waals surface area contributed by atoms with Crippen molar-refractivity contribution in [1.82, 2.24) is 9.21 Å². The Bertz CT molecular complexity index is 705. The molecule has 7 nitrogen and oxygen atoms in total. The van der Waals surface area contributed by atoms with Crippen molar-refractivity contribution in [3.05, 3.63) is 29.8 Å². The first kappa shape index (κ1) is 23.8. The largest absolute Gasteiger partial charge is 0.383 e. The Morgan fingerprint density at radius 2 is 1.52 bits per heavy atom. The van der Waals surface area contributed by atoms with Crippen LogP contribution in [-0.2, 0) is 30.7 Å².